The van der Waals surface area contributed by atoms with E-state index >= 15 is 0 Å². The highest BCUT2D eigenvalue weighted by molar-refractivity contribution is 6.87. The molecule has 0 unspecified atom stereocenters. The Morgan fingerprint density at radius 3 is 1.56 bits per heavy atom. The van der Waals surface area contributed by atoms with Crippen LogP contribution in [0.5, 0.6) is 0 Å². The van der Waals surface area contributed by atoms with Crippen LogP contribution in [-0.4, -0.2) is 52.1 Å². The summed E-state index contributed by atoms with van der Waals surface area (Å²) in [6.45, 7) is 16.0. The molecule has 0 N–H and O–H groups in total. The molecule has 16 nitrogen and oxygen atoms in total. The molecule has 0 radical (unpaired) electrons. The summed E-state index contributed by atoms with van der Waals surface area (Å²) in [5.74, 6) is 0. The molecule has 0 saturated heterocycles. The highest BCUT2D eigenvalue weighted by Crippen LogP contribution is 2.25. The van der Waals surface area contributed by atoms with Gasteiger partial charge in [-0.1, -0.05) is 0 Å². The number of methoxy groups -OCH3 is 1. The van der Waals surface area contributed by atoms with E-state index in [-0.39, 0.29) is 13.2 Å². The van der Waals surface area contributed by atoms with Gasteiger partial charge in [-0.05, 0) is 83.5 Å². The molecule has 204 valence electrons. The quantitative estimate of drug-likeness (QED) is 0.0560. The highest BCUT2D eigenvalue weighted by Gasteiger charge is 2.39. The smallest absolute Gasteiger partial charge is 0.314 e. The van der Waals surface area contributed by atoms with Crippen LogP contribution in [0.1, 0.15) is 6.42 Å². The van der Waals surface area contributed by atoms with E-state index in [0.717, 1.165) is 25.0 Å². The third-order valence-electron chi connectivity index (χ3n) is 2.86. The third-order valence-corrected chi connectivity index (χ3v) is 12.5. The Morgan fingerprint density at radius 1 is 0.559 bits per heavy atom. The fraction of sp³-hybridized carbons (Fsp3) is 0.867. The monoisotopic (exact) mass is 556 g/mol. The summed E-state index contributed by atoms with van der Waals surface area (Å²) in [6, 6.07) is 0.850. The van der Waals surface area contributed by atoms with Crippen molar-refractivity contribution in [3.8, 4) is 0 Å². The van der Waals surface area contributed by atoms with Crippen molar-refractivity contribution in [2.45, 2.75) is 58.3 Å². The van der Waals surface area contributed by atoms with E-state index in [1.807, 2.05) is 0 Å². The Morgan fingerprint density at radius 2 is 1.06 bits per heavy atom. The zero-order valence-corrected chi connectivity index (χ0v) is 23.7. The lowest BCUT2D eigenvalue weighted by atomic mass is 10.5. The van der Waals surface area contributed by atoms with E-state index in [1.165, 1.54) is 7.11 Å². The lowest BCUT2D eigenvalue weighted by Crippen LogP contribution is -2.52. The van der Waals surface area contributed by atoms with Crippen LogP contribution in [0.25, 0.3) is 0 Å². The third kappa shape index (κ3) is 24.6. The summed E-state index contributed by atoms with van der Waals surface area (Å²) in [6.07, 6.45) is 2.93. The molecule has 0 rings (SSSR count). The van der Waals surface area contributed by atoms with Gasteiger partial charge in [0.05, 0.1) is 13.7 Å². The van der Waals surface area contributed by atoms with E-state index in [4.69, 9.17) is 13.0 Å². The standard InChI is InChI=1S/C15H36O16Si3/c1-16-11-13-18-20-22-24-26-28-29-27-25-23-21-19-14-12-17-10-9-15-34(8,30-32(2,3)4)31-33(5,6)7/h11,13H,9-10,12,14-15H2,1-8H3. The van der Waals surface area contributed by atoms with Crippen LogP contribution in [0.2, 0.25) is 51.9 Å². The zero-order valence-electron chi connectivity index (χ0n) is 20.7. The Bertz CT molecular complexity index is 485. The molecule has 0 atom stereocenters. The van der Waals surface area contributed by atoms with Crippen molar-refractivity contribution in [1.82, 2.24) is 0 Å². The van der Waals surface area contributed by atoms with Gasteiger partial charge in [0, 0.05) is 31.8 Å². The first kappa shape index (κ1) is 33.4. The van der Waals surface area contributed by atoms with Crippen molar-refractivity contribution in [3.05, 3.63) is 12.5 Å². The minimum absolute atomic E-state index is 0.0577. The van der Waals surface area contributed by atoms with Crippen LogP contribution >= 0.6 is 0 Å². The van der Waals surface area contributed by atoms with Gasteiger partial charge in [-0.3, -0.25) is 0 Å². The maximum absolute atomic E-state index is 6.43. The first-order valence-corrected chi connectivity index (χ1v) is 19.4. The van der Waals surface area contributed by atoms with Gasteiger partial charge >= 0.3 is 8.56 Å². The molecule has 0 aliphatic rings. The molecule has 0 saturated carbocycles. The molecular formula is C15H36O16Si3. The SMILES string of the molecule is COC=COOOOOOOOOOOOCCOCCC[Si](C)(O[Si](C)(C)C)O[Si](C)(C)C. The molecule has 0 bridgehead atoms. The molecule has 0 aromatic heterocycles. The van der Waals surface area contributed by atoms with E-state index in [1.54, 1.807) is 0 Å². The van der Waals surface area contributed by atoms with Crippen LogP contribution in [-0.2, 0) is 77.9 Å². The van der Waals surface area contributed by atoms with Crippen molar-refractivity contribution in [2.24, 2.45) is 0 Å². The topological polar surface area (TPSA) is 148 Å². The van der Waals surface area contributed by atoms with Gasteiger partial charge in [-0.15, -0.1) is 0 Å². The summed E-state index contributed by atoms with van der Waals surface area (Å²) in [7, 11) is -4.30. The van der Waals surface area contributed by atoms with E-state index in [0.29, 0.717) is 6.61 Å². The number of hydrogen-bond donors (Lipinski definition) is 0. The first-order chi connectivity index (χ1) is 16.0. The molecule has 19 heteroatoms. The van der Waals surface area contributed by atoms with Crippen LogP contribution < -0.4 is 0 Å². The maximum Gasteiger partial charge on any atom is 0.314 e. The van der Waals surface area contributed by atoms with Crippen LogP contribution in [0.4, 0.5) is 0 Å². The molecule has 0 aromatic rings. The molecule has 34 heavy (non-hydrogen) atoms. The van der Waals surface area contributed by atoms with E-state index in [2.05, 4.69) is 111 Å². The van der Waals surface area contributed by atoms with Crippen molar-refractivity contribution in [1.29, 1.82) is 0 Å². The normalized spacial score (nSPS) is 13.1. The average molecular weight is 557 g/mol. The van der Waals surface area contributed by atoms with Gasteiger partial charge in [0.2, 0.25) is 0 Å². The molecular weight excluding hydrogens is 520 g/mol. The summed E-state index contributed by atoms with van der Waals surface area (Å²) in [4.78, 5) is 8.80. The largest absolute Gasteiger partial charge is 0.501 e. The fourth-order valence-electron chi connectivity index (χ4n) is 2.37. The molecule has 0 aliphatic heterocycles. The predicted molar refractivity (Wildman–Crippen MR) is 115 cm³/mol. The Balaban J connectivity index is 3.55. The predicted octanol–water partition coefficient (Wildman–Crippen LogP) is 3.55. The molecule has 0 spiro atoms. The lowest BCUT2D eigenvalue weighted by Gasteiger charge is -2.38. The van der Waals surface area contributed by atoms with Gasteiger partial charge in [-0.25, -0.2) is 4.89 Å². The fourth-order valence-corrected chi connectivity index (χ4v) is 14.9. The first-order valence-electron chi connectivity index (χ1n) is 10.1. The lowest BCUT2D eigenvalue weighted by molar-refractivity contribution is -0.862. The van der Waals surface area contributed by atoms with E-state index < -0.39 is 25.2 Å². The summed E-state index contributed by atoms with van der Waals surface area (Å²) >= 11 is 0. The zero-order chi connectivity index (χ0) is 25.8. The summed E-state index contributed by atoms with van der Waals surface area (Å²) in [5, 5.41) is 38.5. The maximum atomic E-state index is 6.43. The Labute approximate surface area is 201 Å². The second-order valence-corrected chi connectivity index (χ2v) is 21.2. The Kier molecular flexibility index (Phi) is 19.3. The minimum Gasteiger partial charge on any atom is -0.501 e. The van der Waals surface area contributed by atoms with Gasteiger partial charge in [0.1, 0.15) is 12.9 Å². The molecule has 0 fully saturated rings. The van der Waals surface area contributed by atoms with Crippen LogP contribution in [0, 0.1) is 0 Å². The molecule has 0 aromatic carbocycles. The summed E-state index contributed by atoms with van der Waals surface area (Å²) < 4.78 is 22.8. The van der Waals surface area contributed by atoms with Crippen molar-refractivity contribution in [3.63, 3.8) is 0 Å². The minimum atomic E-state index is -2.26. The number of hydrogen-bond acceptors (Lipinski definition) is 16. The van der Waals surface area contributed by atoms with Gasteiger partial charge in [0.15, 0.2) is 22.9 Å². The Hall–Kier alpha value is -0.569. The van der Waals surface area contributed by atoms with Gasteiger partial charge in [-0.2, -0.15) is 0 Å². The van der Waals surface area contributed by atoms with Gasteiger partial charge < -0.3 is 22.6 Å². The average Bonchev–Trinajstić information content (AvgIpc) is 2.69. The number of ether oxygens (including phenoxy) is 2. The van der Waals surface area contributed by atoms with Crippen molar-refractivity contribution < 1.29 is 77.9 Å². The summed E-state index contributed by atoms with van der Waals surface area (Å²) in [5.41, 5.74) is 0. The van der Waals surface area contributed by atoms with Crippen LogP contribution in [0.3, 0.4) is 0 Å². The second-order valence-electron chi connectivity index (χ2n) is 8.39. The van der Waals surface area contributed by atoms with Crippen LogP contribution in [0.15, 0.2) is 12.5 Å². The second kappa shape index (κ2) is 19.6. The van der Waals surface area contributed by atoms with Gasteiger partial charge in [0.25, 0.3) is 0 Å². The molecule has 0 amide bonds. The van der Waals surface area contributed by atoms with E-state index in [9.17, 15) is 0 Å². The highest BCUT2D eigenvalue weighted by atomic mass is 28.5. The number of rotatable bonds is 24. The van der Waals surface area contributed by atoms with Crippen molar-refractivity contribution in [2.75, 3.05) is 26.9 Å². The molecule has 0 aliphatic carbocycles. The van der Waals surface area contributed by atoms with Crippen molar-refractivity contribution >= 4 is 25.2 Å². The molecule has 0 heterocycles.